The van der Waals surface area contributed by atoms with Crippen molar-refractivity contribution in [2.75, 3.05) is 16.0 Å². The van der Waals surface area contributed by atoms with E-state index in [1.165, 1.54) is 19.3 Å². The standard InChI is InChI=1S/C17H18BrN5O/c18-13-9-19-17(23-16(13)20-11-2-1-3-11)21-12-5-6-14-10(8-12)4-7-15(24)22-14/h5-6,8-9,11H,1-4,7H2,(H,22,24)(H2,19,20,21,23). The molecule has 0 atom stereocenters. The minimum Gasteiger partial charge on any atom is -0.366 e. The summed E-state index contributed by atoms with van der Waals surface area (Å²) in [4.78, 5) is 20.3. The summed E-state index contributed by atoms with van der Waals surface area (Å²) in [5, 5.41) is 9.58. The predicted molar refractivity (Wildman–Crippen MR) is 97.7 cm³/mol. The van der Waals surface area contributed by atoms with Crippen LogP contribution in [0.15, 0.2) is 28.9 Å². The molecule has 2 aromatic rings. The molecule has 1 aliphatic heterocycles. The van der Waals surface area contributed by atoms with Crippen LogP contribution in [0.3, 0.4) is 0 Å². The summed E-state index contributed by atoms with van der Waals surface area (Å²) in [6.07, 6.45) is 6.70. The van der Waals surface area contributed by atoms with Crippen LogP contribution < -0.4 is 16.0 Å². The minimum atomic E-state index is 0.0752. The maximum absolute atomic E-state index is 11.4. The van der Waals surface area contributed by atoms with Crippen molar-refractivity contribution in [1.82, 2.24) is 9.97 Å². The van der Waals surface area contributed by atoms with Crippen LogP contribution in [0.5, 0.6) is 0 Å². The van der Waals surface area contributed by atoms with E-state index in [0.29, 0.717) is 18.4 Å². The highest BCUT2D eigenvalue weighted by molar-refractivity contribution is 9.10. The SMILES string of the molecule is O=C1CCc2cc(Nc3ncc(Br)c(NC4CCC4)n3)ccc2N1. The van der Waals surface area contributed by atoms with E-state index >= 15 is 0 Å². The first-order valence-corrected chi connectivity index (χ1v) is 8.95. The van der Waals surface area contributed by atoms with Crippen molar-refractivity contribution in [2.24, 2.45) is 0 Å². The van der Waals surface area contributed by atoms with Crippen molar-refractivity contribution in [1.29, 1.82) is 0 Å². The molecule has 1 aromatic carbocycles. The minimum absolute atomic E-state index is 0.0752. The molecule has 2 aliphatic rings. The fourth-order valence-electron chi connectivity index (χ4n) is 2.86. The molecule has 1 fully saturated rings. The van der Waals surface area contributed by atoms with Gasteiger partial charge in [-0.1, -0.05) is 0 Å². The lowest BCUT2D eigenvalue weighted by atomic mass is 9.93. The van der Waals surface area contributed by atoms with E-state index in [2.05, 4.69) is 41.8 Å². The lowest BCUT2D eigenvalue weighted by Gasteiger charge is -2.27. The summed E-state index contributed by atoms with van der Waals surface area (Å²) >= 11 is 3.50. The molecule has 1 saturated carbocycles. The number of anilines is 4. The Morgan fingerprint density at radius 3 is 2.92 bits per heavy atom. The van der Waals surface area contributed by atoms with E-state index in [0.717, 1.165) is 33.6 Å². The highest BCUT2D eigenvalue weighted by Crippen LogP contribution is 2.29. The summed E-state index contributed by atoms with van der Waals surface area (Å²) in [6, 6.07) is 6.39. The molecule has 0 unspecified atom stereocenters. The first kappa shape index (κ1) is 15.4. The molecular weight excluding hydrogens is 370 g/mol. The van der Waals surface area contributed by atoms with Crippen LogP contribution in [0.1, 0.15) is 31.2 Å². The Kier molecular flexibility index (Phi) is 4.10. The van der Waals surface area contributed by atoms with Gasteiger partial charge in [0.25, 0.3) is 0 Å². The van der Waals surface area contributed by atoms with Crippen molar-refractivity contribution < 1.29 is 4.79 Å². The quantitative estimate of drug-likeness (QED) is 0.742. The van der Waals surface area contributed by atoms with Gasteiger partial charge in [-0.3, -0.25) is 4.79 Å². The first-order chi connectivity index (χ1) is 11.7. The molecule has 6 nitrogen and oxygen atoms in total. The van der Waals surface area contributed by atoms with E-state index in [-0.39, 0.29) is 5.91 Å². The van der Waals surface area contributed by atoms with Gasteiger partial charge in [0.05, 0.1) is 4.47 Å². The number of rotatable bonds is 4. The van der Waals surface area contributed by atoms with Crippen molar-refractivity contribution in [3.63, 3.8) is 0 Å². The van der Waals surface area contributed by atoms with Gasteiger partial charge in [-0.2, -0.15) is 4.98 Å². The number of aromatic nitrogens is 2. The molecule has 24 heavy (non-hydrogen) atoms. The molecule has 124 valence electrons. The molecular formula is C17H18BrN5O. The molecule has 3 N–H and O–H groups in total. The second kappa shape index (κ2) is 6.39. The molecule has 1 amide bonds. The predicted octanol–water partition coefficient (Wildman–Crippen LogP) is 3.83. The number of hydrogen-bond donors (Lipinski definition) is 3. The Hall–Kier alpha value is -2.15. The summed E-state index contributed by atoms with van der Waals surface area (Å²) < 4.78 is 0.869. The van der Waals surface area contributed by atoms with E-state index in [1.807, 2.05) is 18.2 Å². The number of carbonyl (C=O) groups is 1. The Morgan fingerprint density at radius 2 is 2.12 bits per heavy atom. The van der Waals surface area contributed by atoms with Gasteiger partial charge < -0.3 is 16.0 Å². The second-order valence-corrected chi connectivity index (χ2v) is 7.06. The van der Waals surface area contributed by atoms with Crippen LogP contribution >= 0.6 is 15.9 Å². The third-order valence-electron chi connectivity index (χ3n) is 4.45. The molecule has 0 spiro atoms. The van der Waals surface area contributed by atoms with Gasteiger partial charge in [0.15, 0.2) is 0 Å². The van der Waals surface area contributed by atoms with Crippen molar-refractivity contribution in [3.8, 4) is 0 Å². The molecule has 0 bridgehead atoms. The lowest BCUT2D eigenvalue weighted by molar-refractivity contribution is -0.116. The molecule has 1 aliphatic carbocycles. The first-order valence-electron chi connectivity index (χ1n) is 8.16. The van der Waals surface area contributed by atoms with Crippen LogP contribution in [-0.4, -0.2) is 21.9 Å². The Morgan fingerprint density at radius 1 is 1.25 bits per heavy atom. The fraction of sp³-hybridized carbons (Fsp3) is 0.353. The number of amides is 1. The van der Waals surface area contributed by atoms with Crippen LogP contribution in [0.4, 0.5) is 23.1 Å². The van der Waals surface area contributed by atoms with Crippen LogP contribution in [0, 0.1) is 0 Å². The fourth-order valence-corrected chi connectivity index (χ4v) is 3.17. The number of nitrogens with zero attached hydrogens (tertiary/aromatic N) is 2. The van der Waals surface area contributed by atoms with Crippen LogP contribution in [0.25, 0.3) is 0 Å². The van der Waals surface area contributed by atoms with Gasteiger partial charge in [0.2, 0.25) is 11.9 Å². The zero-order chi connectivity index (χ0) is 16.5. The van der Waals surface area contributed by atoms with E-state index < -0.39 is 0 Å². The molecule has 1 aromatic heterocycles. The molecule has 0 saturated heterocycles. The second-order valence-electron chi connectivity index (χ2n) is 6.21. The van der Waals surface area contributed by atoms with Crippen molar-refractivity contribution in [2.45, 2.75) is 38.1 Å². The summed E-state index contributed by atoms with van der Waals surface area (Å²) in [6.45, 7) is 0. The van der Waals surface area contributed by atoms with Crippen molar-refractivity contribution >= 4 is 45.0 Å². The smallest absolute Gasteiger partial charge is 0.229 e. The van der Waals surface area contributed by atoms with Gasteiger partial charge in [0, 0.05) is 30.0 Å². The topological polar surface area (TPSA) is 78.9 Å². The zero-order valence-electron chi connectivity index (χ0n) is 13.1. The highest BCUT2D eigenvalue weighted by Gasteiger charge is 2.19. The Balaban J connectivity index is 1.52. The summed E-state index contributed by atoms with van der Waals surface area (Å²) in [7, 11) is 0. The molecule has 2 heterocycles. The number of carbonyl (C=O) groups excluding carboxylic acids is 1. The highest BCUT2D eigenvalue weighted by atomic mass is 79.9. The number of halogens is 1. The largest absolute Gasteiger partial charge is 0.366 e. The zero-order valence-corrected chi connectivity index (χ0v) is 14.7. The average molecular weight is 388 g/mol. The normalized spacial score (nSPS) is 16.8. The maximum Gasteiger partial charge on any atom is 0.229 e. The summed E-state index contributed by atoms with van der Waals surface area (Å²) in [5.41, 5.74) is 2.94. The van der Waals surface area contributed by atoms with Gasteiger partial charge >= 0.3 is 0 Å². The van der Waals surface area contributed by atoms with Crippen molar-refractivity contribution in [3.05, 3.63) is 34.4 Å². The number of fused-ring (bicyclic) bond motifs is 1. The van der Waals surface area contributed by atoms with E-state index in [4.69, 9.17) is 0 Å². The monoisotopic (exact) mass is 387 g/mol. The van der Waals surface area contributed by atoms with Gasteiger partial charge in [0.1, 0.15) is 5.82 Å². The summed E-state index contributed by atoms with van der Waals surface area (Å²) in [5.74, 6) is 1.45. The number of nitrogens with one attached hydrogen (secondary N) is 3. The average Bonchev–Trinajstić information content (AvgIpc) is 2.54. The third kappa shape index (κ3) is 3.21. The van der Waals surface area contributed by atoms with Gasteiger partial charge in [-0.05, 0) is 65.4 Å². The number of hydrogen-bond acceptors (Lipinski definition) is 5. The number of aryl methyl sites for hydroxylation is 1. The van der Waals surface area contributed by atoms with Gasteiger partial charge in [-0.15, -0.1) is 0 Å². The lowest BCUT2D eigenvalue weighted by Crippen LogP contribution is -2.27. The van der Waals surface area contributed by atoms with E-state index in [1.54, 1.807) is 6.20 Å². The van der Waals surface area contributed by atoms with Gasteiger partial charge in [-0.25, -0.2) is 4.98 Å². The Bertz CT molecular complexity index is 791. The molecule has 7 heteroatoms. The number of benzene rings is 1. The van der Waals surface area contributed by atoms with E-state index in [9.17, 15) is 4.79 Å². The third-order valence-corrected chi connectivity index (χ3v) is 5.03. The molecule has 4 rings (SSSR count). The van der Waals surface area contributed by atoms with Crippen LogP contribution in [-0.2, 0) is 11.2 Å². The van der Waals surface area contributed by atoms with Crippen LogP contribution in [0.2, 0.25) is 0 Å². The Labute approximate surface area is 148 Å². The maximum atomic E-state index is 11.4. The molecule has 0 radical (unpaired) electrons.